The summed E-state index contributed by atoms with van der Waals surface area (Å²) in [5.41, 5.74) is 2.48. The molecule has 1 heterocycles. The molecular weight excluding hydrogens is 198 g/mol. The topological polar surface area (TPSA) is 29.9 Å². The van der Waals surface area contributed by atoms with E-state index in [0.29, 0.717) is 6.04 Å². The minimum Gasteiger partial charge on any atom is -0.379 e. The lowest BCUT2D eigenvalue weighted by Crippen LogP contribution is -2.26. The molecule has 0 saturated heterocycles. The molecule has 0 aliphatic heterocycles. The average molecular weight is 219 g/mol. The van der Waals surface area contributed by atoms with Gasteiger partial charge in [0.2, 0.25) is 0 Å². The molecule has 16 heavy (non-hydrogen) atoms. The third-order valence-electron chi connectivity index (χ3n) is 4.32. The van der Waals surface area contributed by atoms with Gasteiger partial charge in [0.1, 0.15) is 0 Å². The molecule has 0 spiro atoms. The van der Waals surface area contributed by atoms with E-state index in [1.54, 1.807) is 0 Å². The molecular formula is C13H21N3. The Labute approximate surface area is 97.2 Å². The fourth-order valence-corrected chi connectivity index (χ4v) is 3.54. The highest BCUT2D eigenvalue weighted by molar-refractivity contribution is 5.47. The first-order chi connectivity index (χ1) is 7.76. The van der Waals surface area contributed by atoms with Gasteiger partial charge in [0, 0.05) is 19.3 Å². The normalized spacial score (nSPS) is 32.2. The Morgan fingerprint density at radius 1 is 1.44 bits per heavy atom. The second-order valence-electron chi connectivity index (χ2n) is 5.44. The summed E-state index contributed by atoms with van der Waals surface area (Å²) in [7, 11) is 2.01. The number of nitrogens with one attached hydrogen (secondary N) is 1. The minimum absolute atomic E-state index is 0.716. The molecule has 88 valence electrons. The third-order valence-corrected chi connectivity index (χ3v) is 4.32. The summed E-state index contributed by atoms with van der Waals surface area (Å²) >= 11 is 0. The SMILES string of the molecule is CCc1nn(C)cc1NC1CC2CCC1C2. The largest absolute Gasteiger partial charge is 0.379 e. The Bertz CT molecular complexity index is 383. The smallest absolute Gasteiger partial charge is 0.0853 e. The fourth-order valence-electron chi connectivity index (χ4n) is 3.54. The summed E-state index contributed by atoms with van der Waals surface area (Å²) in [4.78, 5) is 0. The van der Waals surface area contributed by atoms with Crippen LogP contribution in [-0.2, 0) is 13.5 Å². The Morgan fingerprint density at radius 2 is 2.31 bits per heavy atom. The standard InChI is InChI=1S/C13H21N3/c1-3-11-13(8-16(2)15-11)14-12-7-9-4-5-10(12)6-9/h8-10,12,14H,3-7H2,1-2H3. The number of hydrogen-bond donors (Lipinski definition) is 1. The van der Waals surface area contributed by atoms with Gasteiger partial charge in [0.05, 0.1) is 11.4 Å². The molecule has 1 aromatic rings. The van der Waals surface area contributed by atoms with Crippen LogP contribution in [0.1, 0.15) is 38.3 Å². The van der Waals surface area contributed by atoms with E-state index in [1.165, 1.54) is 37.1 Å². The molecule has 3 heteroatoms. The molecule has 0 aromatic carbocycles. The van der Waals surface area contributed by atoms with Crippen LogP contribution in [0.15, 0.2) is 6.20 Å². The van der Waals surface area contributed by atoms with Crippen LogP contribution in [0.4, 0.5) is 5.69 Å². The predicted molar refractivity (Wildman–Crippen MR) is 65.4 cm³/mol. The van der Waals surface area contributed by atoms with Gasteiger partial charge in [-0.05, 0) is 37.5 Å². The van der Waals surface area contributed by atoms with Crippen molar-refractivity contribution in [1.82, 2.24) is 9.78 Å². The van der Waals surface area contributed by atoms with E-state index in [2.05, 4.69) is 23.5 Å². The molecule has 2 aliphatic carbocycles. The van der Waals surface area contributed by atoms with Gasteiger partial charge in [-0.3, -0.25) is 4.68 Å². The maximum absolute atomic E-state index is 4.49. The van der Waals surface area contributed by atoms with Crippen LogP contribution in [0.3, 0.4) is 0 Å². The van der Waals surface area contributed by atoms with Crippen molar-refractivity contribution in [2.75, 3.05) is 5.32 Å². The summed E-state index contributed by atoms with van der Waals surface area (Å²) in [6, 6.07) is 0.716. The Balaban J connectivity index is 1.74. The van der Waals surface area contributed by atoms with Gasteiger partial charge < -0.3 is 5.32 Å². The molecule has 2 saturated carbocycles. The molecule has 3 atom stereocenters. The second-order valence-corrected chi connectivity index (χ2v) is 5.44. The van der Waals surface area contributed by atoms with Gasteiger partial charge >= 0.3 is 0 Å². The van der Waals surface area contributed by atoms with Crippen LogP contribution in [0.5, 0.6) is 0 Å². The van der Waals surface area contributed by atoms with Crippen LogP contribution in [0.2, 0.25) is 0 Å². The Kier molecular flexibility index (Phi) is 2.41. The molecule has 0 amide bonds. The first kappa shape index (κ1) is 10.2. The lowest BCUT2D eigenvalue weighted by Gasteiger charge is -2.23. The van der Waals surface area contributed by atoms with Crippen molar-refractivity contribution in [2.45, 2.75) is 45.1 Å². The molecule has 3 rings (SSSR count). The zero-order valence-electron chi connectivity index (χ0n) is 10.2. The van der Waals surface area contributed by atoms with Crippen molar-refractivity contribution >= 4 is 5.69 Å². The fraction of sp³-hybridized carbons (Fsp3) is 0.769. The number of anilines is 1. The van der Waals surface area contributed by atoms with Crippen molar-refractivity contribution in [3.8, 4) is 0 Å². The summed E-state index contributed by atoms with van der Waals surface area (Å²) in [6.07, 6.45) is 8.89. The molecule has 3 unspecified atom stereocenters. The highest BCUT2D eigenvalue weighted by Gasteiger charge is 2.39. The average Bonchev–Trinajstić information content (AvgIpc) is 2.93. The Morgan fingerprint density at radius 3 is 2.94 bits per heavy atom. The van der Waals surface area contributed by atoms with Crippen molar-refractivity contribution in [2.24, 2.45) is 18.9 Å². The predicted octanol–water partition coefficient (Wildman–Crippen LogP) is 2.58. The van der Waals surface area contributed by atoms with Gasteiger partial charge in [0.25, 0.3) is 0 Å². The summed E-state index contributed by atoms with van der Waals surface area (Å²) in [6.45, 7) is 2.17. The van der Waals surface area contributed by atoms with Gasteiger partial charge in [-0.1, -0.05) is 13.3 Å². The van der Waals surface area contributed by atoms with Gasteiger partial charge in [-0.2, -0.15) is 5.10 Å². The lowest BCUT2D eigenvalue weighted by molar-refractivity contribution is 0.439. The van der Waals surface area contributed by atoms with Crippen LogP contribution >= 0.6 is 0 Å². The minimum atomic E-state index is 0.716. The van der Waals surface area contributed by atoms with Crippen molar-refractivity contribution in [1.29, 1.82) is 0 Å². The van der Waals surface area contributed by atoms with Gasteiger partial charge in [0.15, 0.2) is 0 Å². The van der Waals surface area contributed by atoms with E-state index in [1.807, 2.05) is 11.7 Å². The van der Waals surface area contributed by atoms with Crippen LogP contribution in [-0.4, -0.2) is 15.8 Å². The zero-order valence-corrected chi connectivity index (χ0v) is 10.2. The van der Waals surface area contributed by atoms with E-state index >= 15 is 0 Å². The summed E-state index contributed by atoms with van der Waals surface area (Å²) in [5, 5.41) is 8.22. The van der Waals surface area contributed by atoms with E-state index in [9.17, 15) is 0 Å². The molecule has 0 radical (unpaired) electrons. The number of aromatic nitrogens is 2. The molecule has 2 fully saturated rings. The third kappa shape index (κ3) is 1.62. The number of hydrogen-bond acceptors (Lipinski definition) is 2. The van der Waals surface area contributed by atoms with Crippen molar-refractivity contribution in [3.63, 3.8) is 0 Å². The van der Waals surface area contributed by atoms with E-state index < -0.39 is 0 Å². The molecule has 1 N–H and O–H groups in total. The summed E-state index contributed by atoms with van der Waals surface area (Å²) < 4.78 is 1.92. The monoisotopic (exact) mass is 219 g/mol. The molecule has 3 nitrogen and oxygen atoms in total. The van der Waals surface area contributed by atoms with E-state index in [0.717, 1.165) is 18.3 Å². The molecule has 1 aromatic heterocycles. The number of fused-ring (bicyclic) bond motifs is 2. The summed E-state index contributed by atoms with van der Waals surface area (Å²) in [5.74, 6) is 1.93. The number of nitrogens with zero attached hydrogens (tertiary/aromatic N) is 2. The van der Waals surface area contributed by atoms with Crippen LogP contribution in [0, 0.1) is 11.8 Å². The maximum Gasteiger partial charge on any atom is 0.0853 e. The van der Waals surface area contributed by atoms with E-state index in [-0.39, 0.29) is 0 Å². The van der Waals surface area contributed by atoms with Crippen molar-refractivity contribution < 1.29 is 0 Å². The molecule has 2 bridgehead atoms. The number of aryl methyl sites for hydroxylation is 2. The lowest BCUT2D eigenvalue weighted by atomic mass is 9.95. The highest BCUT2D eigenvalue weighted by atomic mass is 15.3. The van der Waals surface area contributed by atoms with Crippen molar-refractivity contribution in [3.05, 3.63) is 11.9 Å². The van der Waals surface area contributed by atoms with Crippen LogP contribution in [0.25, 0.3) is 0 Å². The quantitative estimate of drug-likeness (QED) is 0.846. The Hall–Kier alpha value is -0.990. The van der Waals surface area contributed by atoms with Crippen LogP contribution < -0.4 is 5.32 Å². The number of rotatable bonds is 3. The zero-order chi connectivity index (χ0) is 11.1. The van der Waals surface area contributed by atoms with Gasteiger partial charge in [-0.15, -0.1) is 0 Å². The second kappa shape index (κ2) is 3.79. The highest BCUT2D eigenvalue weighted by Crippen LogP contribution is 2.45. The molecule has 2 aliphatic rings. The first-order valence-corrected chi connectivity index (χ1v) is 6.55. The first-order valence-electron chi connectivity index (χ1n) is 6.55. The van der Waals surface area contributed by atoms with E-state index in [4.69, 9.17) is 0 Å². The maximum atomic E-state index is 4.49. The van der Waals surface area contributed by atoms with Gasteiger partial charge in [-0.25, -0.2) is 0 Å².